The summed E-state index contributed by atoms with van der Waals surface area (Å²) in [5.74, 6) is -3.92. The predicted molar refractivity (Wildman–Crippen MR) is 63.4 cm³/mol. The molecule has 0 aliphatic heterocycles. The summed E-state index contributed by atoms with van der Waals surface area (Å²) in [4.78, 5) is 0. The van der Waals surface area contributed by atoms with Crippen LogP contribution in [0.5, 0.6) is 0 Å². The molecule has 0 spiro atoms. The maximum atomic E-state index is 14.0. The molecule has 2 aliphatic rings. The van der Waals surface area contributed by atoms with Crippen molar-refractivity contribution < 1.29 is 27.1 Å². The lowest BCUT2D eigenvalue weighted by molar-refractivity contribution is -0.145. The SMILES string of the molecule is Cc1nn([C@H]2CC[C@H](F)[C@H](F)C2)c2c1[C@H](O)C(F)(F)[C@@H]2F. The van der Waals surface area contributed by atoms with Crippen LogP contribution in [0.2, 0.25) is 0 Å². The van der Waals surface area contributed by atoms with Crippen molar-refractivity contribution in [3.05, 3.63) is 17.0 Å². The average molecular weight is 310 g/mol. The number of hydrogen-bond acceptors (Lipinski definition) is 2. The van der Waals surface area contributed by atoms with E-state index in [9.17, 15) is 27.1 Å². The van der Waals surface area contributed by atoms with Gasteiger partial charge in [0, 0.05) is 12.0 Å². The molecule has 1 fully saturated rings. The van der Waals surface area contributed by atoms with Crippen LogP contribution in [0.4, 0.5) is 22.0 Å². The summed E-state index contributed by atoms with van der Waals surface area (Å²) in [5.41, 5.74) is -0.542. The largest absolute Gasteiger partial charge is 0.382 e. The van der Waals surface area contributed by atoms with E-state index in [2.05, 4.69) is 5.10 Å². The average Bonchev–Trinajstić information content (AvgIpc) is 2.84. The number of aromatic nitrogens is 2. The van der Waals surface area contributed by atoms with Crippen molar-refractivity contribution in [3.63, 3.8) is 0 Å². The Bertz CT molecular complexity index is 561. The summed E-state index contributed by atoms with van der Waals surface area (Å²) in [6, 6.07) is -0.672. The van der Waals surface area contributed by atoms with Crippen molar-refractivity contribution in [1.82, 2.24) is 9.78 Å². The zero-order valence-corrected chi connectivity index (χ0v) is 11.2. The van der Waals surface area contributed by atoms with Gasteiger partial charge in [0.05, 0.1) is 17.4 Å². The van der Waals surface area contributed by atoms with Gasteiger partial charge in [0.15, 0.2) is 0 Å². The van der Waals surface area contributed by atoms with Crippen LogP contribution in [0.15, 0.2) is 0 Å². The molecular formula is C13H15F5N2O. The Morgan fingerprint density at radius 1 is 1.19 bits per heavy atom. The van der Waals surface area contributed by atoms with Crippen molar-refractivity contribution >= 4 is 0 Å². The molecule has 3 rings (SSSR count). The van der Waals surface area contributed by atoms with E-state index in [4.69, 9.17) is 0 Å². The van der Waals surface area contributed by atoms with Crippen molar-refractivity contribution in [2.75, 3.05) is 0 Å². The second-order valence-electron chi connectivity index (χ2n) is 5.77. The standard InChI is InChI=1S/C13H15F5N2O/c1-5-9-10(11(16)13(17,18)12(9)21)20(19-5)6-2-3-7(14)8(15)4-6/h6-8,11-12,21H,2-4H2,1H3/t6-,7-,8+,11+,12-/m0/s1. The van der Waals surface area contributed by atoms with Crippen molar-refractivity contribution in [1.29, 1.82) is 0 Å². The number of fused-ring (bicyclic) bond motifs is 1. The van der Waals surface area contributed by atoms with E-state index < -0.39 is 42.3 Å². The van der Waals surface area contributed by atoms with E-state index in [-0.39, 0.29) is 30.5 Å². The minimum Gasteiger partial charge on any atom is -0.382 e. The molecule has 0 saturated heterocycles. The summed E-state index contributed by atoms with van der Waals surface area (Å²) >= 11 is 0. The molecule has 1 heterocycles. The third kappa shape index (κ3) is 1.98. The summed E-state index contributed by atoms with van der Waals surface area (Å²) in [7, 11) is 0. The molecule has 1 aromatic heterocycles. The molecule has 1 N–H and O–H groups in total. The van der Waals surface area contributed by atoms with Crippen LogP contribution < -0.4 is 0 Å². The molecule has 1 aromatic rings. The van der Waals surface area contributed by atoms with Gasteiger partial charge in [0.1, 0.15) is 18.4 Å². The second-order valence-corrected chi connectivity index (χ2v) is 5.77. The number of nitrogens with zero attached hydrogens (tertiary/aromatic N) is 2. The van der Waals surface area contributed by atoms with E-state index in [0.717, 1.165) is 4.68 Å². The Hall–Kier alpha value is -1.18. The molecule has 0 unspecified atom stereocenters. The maximum absolute atomic E-state index is 14.0. The van der Waals surface area contributed by atoms with E-state index in [1.807, 2.05) is 0 Å². The smallest absolute Gasteiger partial charge is 0.313 e. The molecule has 3 nitrogen and oxygen atoms in total. The minimum absolute atomic E-state index is 0.0601. The summed E-state index contributed by atoms with van der Waals surface area (Å²) in [5, 5.41) is 13.6. The van der Waals surface area contributed by atoms with Gasteiger partial charge in [-0.25, -0.2) is 13.2 Å². The summed E-state index contributed by atoms with van der Waals surface area (Å²) < 4.78 is 68.9. The fourth-order valence-electron chi connectivity index (χ4n) is 3.24. The Morgan fingerprint density at radius 3 is 2.48 bits per heavy atom. The first-order chi connectivity index (χ1) is 9.75. The van der Waals surface area contributed by atoms with Gasteiger partial charge in [-0.15, -0.1) is 0 Å². The normalized spacial score (nSPS) is 38.5. The Morgan fingerprint density at radius 2 is 1.86 bits per heavy atom. The zero-order valence-electron chi connectivity index (χ0n) is 11.2. The third-order valence-corrected chi connectivity index (χ3v) is 4.40. The van der Waals surface area contributed by atoms with Gasteiger partial charge in [-0.2, -0.15) is 13.9 Å². The van der Waals surface area contributed by atoms with Crippen LogP contribution in [0.25, 0.3) is 0 Å². The summed E-state index contributed by atoms with van der Waals surface area (Å²) in [6.07, 6.45) is -8.34. The highest BCUT2D eigenvalue weighted by Crippen LogP contribution is 2.54. The molecule has 0 aromatic carbocycles. The zero-order chi connectivity index (χ0) is 15.5. The number of hydrogen-bond donors (Lipinski definition) is 1. The lowest BCUT2D eigenvalue weighted by atomic mass is 9.92. The number of halogens is 5. The maximum Gasteiger partial charge on any atom is 0.313 e. The second kappa shape index (κ2) is 4.66. The van der Waals surface area contributed by atoms with Crippen molar-refractivity contribution in [2.45, 2.75) is 62.8 Å². The van der Waals surface area contributed by atoms with E-state index in [1.165, 1.54) is 6.92 Å². The van der Waals surface area contributed by atoms with Crippen LogP contribution in [0.1, 0.15) is 54.5 Å². The van der Waals surface area contributed by atoms with Crippen LogP contribution in [-0.4, -0.2) is 33.2 Å². The van der Waals surface area contributed by atoms with Gasteiger partial charge >= 0.3 is 5.92 Å². The van der Waals surface area contributed by atoms with E-state index >= 15 is 0 Å². The van der Waals surface area contributed by atoms with Gasteiger partial charge < -0.3 is 5.11 Å². The number of rotatable bonds is 1. The van der Waals surface area contributed by atoms with Crippen LogP contribution >= 0.6 is 0 Å². The third-order valence-electron chi connectivity index (χ3n) is 4.40. The van der Waals surface area contributed by atoms with Gasteiger partial charge in [-0.05, 0) is 19.8 Å². The highest BCUT2D eigenvalue weighted by Gasteiger charge is 2.59. The van der Waals surface area contributed by atoms with E-state index in [1.54, 1.807) is 0 Å². The molecular weight excluding hydrogens is 295 g/mol. The molecule has 5 atom stereocenters. The fraction of sp³-hybridized carbons (Fsp3) is 0.769. The Balaban J connectivity index is 2.00. The molecule has 0 amide bonds. The predicted octanol–water partition coefficient (Wildman–Crippen LogP) is 3.29. The first-order valence-corrected chi connectivity index (χ1v) is 6.82. The number of aliphatic hydroxyl groups is 1. The Labute approximate surface area is 117 Å². The van der Waals surface area contributed by atoms with Gasteiger partial charge in [0.2, 0.25) is 6.17 Å². The molecule has 8 heteroatoms. The Kier molecular flexibility index (Phi) is 3.27. The number of aryl methyl sites for hydroxylation is 1. The van der Waals surface area contributed by atoms with Gasteiger partial charge in [0.25, 0.3) is 0 Å². The molecule has 118 valence electrons. The monoisotopic (exact) mass is 310 g/mol. The molecule has 0 radical (unpaired) electrons. The lowest BCUT2D eigenvalue weighted by Crippen LogP contribution is -2.31. The molecule has 21 heavy (non-hydrogen) atoms. The molecule has 0 bridgehead atoms. The molecule has 2 aliphatic carbocycles. The molecule has 1 saturated carbocycles. The fourth-order valence-corrected chi connectivity index (χ4v) is 3.24. The number of alkyl halides is 5. The van der Waals surface area contributed by atoms with Crippen LogP contribution in [0.3, 0.4) is 0 Å². The topological polar surface area (TPSA) is 38.0 Å². The van der Waals surface area contributed by atoms with Gasteiger partial charge in [-0.3, -0.25) is 4.68 Å². The summed E-state index contributed by atoms with van der Waals surface area (Å²) in [6.45, 7) is 1.39. The van der Waals surface area contributed by atoms with Crippen molar-refractivity contribution in [2.24, 2.45) is 0 Å². The highest BCUT2D eigenvalue weighted by atomic mass is 19.3. The lowest BCUT2D eigenvalue weighted by Gasteiger charge is -2.29. The highest BCUT2D eigenvalue weighted by molar-refractivity contribution is 5.38. The number of aliphatic hydroxyl groups excluding tert-OH is 1. The van der Waals surface area contributed by atoms with Crippen LogP contribution in [0, 0.1) is 6.92 Å². The van der Waals surface area contributed by atoms with Crippen molar-refractivity contribution in [3.8, 4) is 0 Å². The first kappa shape index (κ1) is 14.7. The van der Waals surface area contributed by atoms with Gasteiger partial charge in [-0.1, -0.05) is 0 Å². The minimum atomic E-state index is -3.92. The first-order valence-electron chi connectivity index (χ1n) is 6.82. The van der Waals surface area contributed by atoms with E-state index in [0.29, 0.717) is 0 Å². The quantitative estimate of drug-likeness (QED) is 0.808. The van der Waals surface area contributed by atoms with Crippen LogP contribution in [-0.2, 0) is 0 Å².